The minimum Gasteiger partial charge on any atom is -0.477 e. The summed E-state index contributed by atoms with van der Waals surface area (Å²) in [7, 11) is 2.63. The average Bonchev–Trinajstić information content (AvgIpc) is 3.29. The summed E-state index contributed by atoms with van der Waals surface area (Å²) >= 11 is 0. The van der Waals surface area contributed by atoms with Gasteiger partial charge in [0.25, 0.3) is 6.01 Å². The molecule has 0 unspecified atom stereocenters. The van der Waals surface area contributed by atoms with Crippen LogP contribution in [0.1, 0.15) is 35.3 Å². The lowest BCUT2D eigenvalue weighted by Crippen LogP contribution is -2.11. The Kier molecular flexibility index (Phi) is 8.37. The molecule has 3 aromatic carbocycles. The number of aromatic nitrogens is 2. The third-order valence-corrected chi connectivity index (χ3v) is 5.82. The average molecular weight is 516 g/mol. The van der Waals surface area contributed by atoms with Gasteiger partial charge in [0.1, 0.15) is 0 Å². The number of ether oxygens (including phenoxy) is 4. The summed E-state index contributed by atoms with van der Waals surface area (Å²) in [4.78, 5) is 32.9. The number of para-hydroxylation sites is 1. The van der Waals surface area contributed by atoms with E-state index in [0.29, 0.717) is 47.9 Å². The number of fused-ring (bicyclic) bond motifs is 1. The van der Waals surface area contributed by atoms with Gasteiger partial charge in [0, 0.05) is 5.56 Å². The predicted molar refractivity (Wildman–Crippen MR) is 144 cm³/mol. The first kappa shape index (κ1) is 26.4. The van der Waals surface area contributed by atoms with Gasteiger partial charge in [-0.2, -0.15) is 4.98 Å². The Morgan fingerprint density at radius 3 is 2.29 bits per heavy atom. The van der Waals surface area contributed by atoms with Crippen molar-refractivity contribution >= 4 is 29.0 Å². The first-order valence-corrected chi connectivity index (χ1v) is 12.2. The topological polar surface area (TPSA) is 101 Å². The molecule has 4 aromatic rings. The van der Waals surface area contributed by atoms with E-state index in [2.05, 4.69) is 9.98 Å². The molecule has 9 heteroatoms. The number of benzene rings is 3. The van der Waals surface area contributed by atoms with E-state index in [1.165, 1.54) is 14.2 Å². The molecule has 1 aromatic heterocycles. The molecule has 0 radical (unpaired) electrons. The molecule has 0 bridgehead atoms. The number of hydrogen-bond donors (Lipinski definition) is 0. The molecule has 38 heavy (non-hydrogen) atoms. The van der Waals surface area contributed by atoms with Gasteiger partial charge in [-0.25, -0.2) is 9.59 Å². The number of imidazole rings is 1. The van der Waals surface area contributed by atoms with Gasteiger partial charge in [-0.15, -0.1) is 4.99 Å². The smallest absolute Gasteiger partial charge is 0.436 e. The molecule has 0 saturated heterocycles. The maximum absolute atomic E-state index is 12.5. The number of rotatable bonds is 8. The van der Waals surface area contributed by atoms with Crippen molar-refractivity contribution < 1.29 is 28.5 Å². The quantitative estimate of drug-likeness (QED) is 0.174. The monoisotopic (exact) mass is 515 g/mol. The maximum Gasteiger partial charge on any atom is 0.436 e. The van der Waals surface area contributed by atoms with Crippen molar-refractivity contribution in [3.05, 3.63) is 83.4 Å². The number of aliphatic imine (C=N–C) groups is 1. The van der Waals surface area contributed by atoms with Crippen LogP contribution in [0.4, 0.5) is 4.79 Å². The van der Waals surface area contributed by atoms with E-state index >= 15 is 0 Å². The molecule has 0 saturated carbocycles. The zero-order valence-corrected chi connectivity index (χ0v) is 21.8. The molecule has 0 aliphatic heterocycles. The van der Waals surface area contributed by atoms with E-state index in [4.69, 9.17) is 18.9 Å². The molecule has 196 valence electrons. The number of hydrogen-bond acceptors (Lipinski definition) is 7. The summed E-state index contributed by atoms with van der Waals surface area (Å²) in [5.74, 6) is -0.244. The lowest BCUT2D eigenvalue weighted by Gasteiger charge is -2.14. The summed E-state index contributed by atoms with van der Waals surface area (Å²) in [5, 5.41) is 0. The molecule has 9 nitrogen and oxygen atoms in total. The van der Waals surface area contributed by atoms with Crippen molar-refractivity contribution in [2.45, 2.75) is 20.4 Å². The van der Waals surface area contributed by atoms with Gasteiger partial charge in [0.05, 0.1) is 50.6 Å². The summed E-state index contributed by atoms with van der Waals surface area (Å²) in [5.41, 5.74) is 5.13. The van der Waals surface area contributed by atoms with Gasteiger partial charge in [0.15, 0.2) is 0 Å². The summed E-state index contributed by atoms with van der Waals surface area (Å²) in [6, 6.07) is 21.3. The highest BCUT2D eigenvalue weighted by molar-refractivity contribution is 6.05. The fourth-order valence-corrected chi connectivity index (χ4v) is 4.15. The van der Waals surface area contributed by atoms with Crippen molar-refractivity contribution in [1.29, 1.82) is 0 Å². The van der Waals surface area contributed by atoms with Crippen molar-refractivity contribution in [2.24, 2.45) is 4.99 Å². The molecule has 0 aliphatic carbocycles. The van der Waals surface area contributed by atoms with Crippen molar-refractivity contribution in [1.82, 2.24) is 9.55 Å². The molecule has 4 rings (SSSR count). The van der Waals surface area contributed by atoms with Gasteiger partial charge < -0.3 is 18.9 Å². The molecule has 0 spiro atoms. The number of carbonyl (C=O) groups is 2. The summed E-state index contributed by atoms with van der Waals surface area (Å²) in [6.45, 7) is 4.92. The van der Waals surface area contributed by atoms with E-state index in [1.54, 1.807) is 12.1 Å². The zero-order valence-electron chi connectivity index (χ0n) is 21.8. The Hall–Kier alpha value is -4.66. The van der Waals surface area contributed by atoms with Crippen LogP contribution in [0.3, 0.4) is 0 Å². The Morgan fingerprint density at radius 2 is 1.61 bits per heavy atom. The molecule has 0 N–H and O–H groups in total. The lowest BCUT2D eigenvalue weighted by atomic mass is 9.98. The predicted octanol–water partition coefficient (Wildman–Crippen LogP) is 5.49. The molecule has 0 fully saturated rings. The first-order chi connectivity index (χ1) is 18.5. The van der Waals surface area contributed by atoms with Crippen LogP contribution in [0, 0.1) is 0 Å². The number of methoxy groups -OCH3 is 2. The molecular formula is C29H29N3O6. The summed E-state index contributed by atoms with van der Waals surface area (Å²) in [6.07, 6.45) is -0.734. The Balaban J connectivity index is 1.72. The SMILES string of the molecule is CCOC(=NC(=O)OC)c1ccccc1-c1ccc(Cn2c(OCC)nc3cccc(C(=O)OC)c32)cc1. The van der Waals surface area contributed by atoms with Crippen LogP contribution in [0.15, 0.2) is 71.7 Å². The van der Waals surface area contributed by atoms with Crippen LogP contribution in [0.25, 0.3) is 22.2 Å². The molecule has 0 atom stereocenters. The molecule has 1 amide bonds. The van der Waals surface area contributed by atoms with Gasteiger partial charge in [-0.05, 0) is 48.7 Å². The van der Waals surface area contributed by atoms with Crippen molar-refractivity contribution in [2.75, 3.05) is 27.4 Å². The highest BCUT2D eigenvalue weighted by Gasteiger charge is 2.20. The minimum atomic E-state index is -0.734. The van der Waals surface area contributed by atoms with Crippen LogP contribution >= 0.6 is 0 Å². The normalized spacial score (nSPS) is 11.3. The summed E-state index contributed by atoms with van der Waals surface area (Å²) < 4.78 is 23.0. The first-order valence-electron chi connectivity index (χ1n) is 12.2. The van der Waals surface area contributed by atoms with Gasteiger partial charge >= 0.3 is 12.1 Å². The standard InChI is InChI=1S/C29H29N3O6/c1-5-37-26(31-29(34)36-4)22-11-8-7-10-21(22)20-16-14-19(15-17-20)18-32-25-23(27(33)35-3)12-9-13-24(25)30-28(32)38-6-2/h7-17H,5-6,18H2,1-4H3. The van der Waals surface area contributed by atoms with Gasteiger partial charge in [-0.1, -0.05) is 48.5 Å². The van der Waals surface area contributed by atoms with E-state index in [9.17, 15) is 9.59 Å². The van der Waals surface area contributed by atoms with E-state index in [1.807, 2.05) is 73.0 Å². The van der Waals surface area contributed by atoms with Crippen molar-refractivity contribution in [3.8, 4) is 17.1 Å². The zero-order chi connectivity index (χ0) is 27.1. The Morgan fingerprint density at radius 1 is 0.868 bits per heavy atom. The van der Waals surface area contributed by atoms with Crippen LogP contribution in [0.2, 0.25) is 0 Å². The second-order valence-electron chi connectivity index (χ2n) is 8.14. The largest absolute Gasteiger partial charge is 0.477 e. The third-order valence-electron chi connectivity index (χ3n) is 5.82. The number of esters is 1. The second kappa shape index (κ2) is 12.1. The minimum absolute atomic E-state index is 0.195. The fraction of sp³-hybridized carbons (Fsp3) is 0.241. The van der Waals surface area contributed by atoms with Gasteiger partial charge in [0.2, 0.25) is 5.90 Å². The highest BCUT2D eigenvalue weighted by Crippen LogP contribution is 2.29. The Labute approximate surface area is 220 Å². The second-order valence-corrected chi connectivity index (χ2v) is 8.14. The third kappa shape index (κ3) is 5.51. The lowest BCUT2D eigenvalue weighted by molar-refractivity contribution is 0.0602. The van der Waals surface area contributed by atoms with E-state index in [0.717, 1.165) is 16.7 Å². The number of carbonyl (C=O) groups excluding carboxylic acids is 2. The Bertz CT molecular complexity index is 1470. The van der Waals surface area contributed by atoms with Crippen LogP contribution in [-0.2, 0) is 20.8 Å². The van der Waals surface area contributed by atoms with Crippen molar-refractivity contribution in [3.63, 3.8) is 0 Å². The maximum atomic E-state index is 12.5. The molecule has 1 heterocycles. The number of nitrogens with zero attached hydrogens (tertiary/aromatic N) is 3. The molecule has 0 aliphatic rings. The molecular weight excluding hydrogens is 486 g/mol. The highest BCUT2D eigenvalue weighted by atomic mass is 16.5. The van der Waals surface area contributed by atoms with E-state index in [-0.39, 0.29) is 5.90 Å². The fourth-order valence-electron chi connectivity index (χ4n) is 4.15. The van der Waals surface area contributed by atoms with Gasteiger partial charge in [-0.3, -0.25) is 4.57 Å². The number of amides is 1. The van der Waals surface area contributed by atoms with Crippen LogP contribution < -0.4 is 4.74 Å². The van der Waals surface area contributed by atoms with Crippen LogP contribution in [-0.4, -0.2) is 54.9 Å². The van der Waals surface area contributed by atoms with Crippen LogP contribution in [0.5, 0.6) is 6.01 Å². The van der Waals surface area contributed by atoms with E-state index < -0.39 is 12.1 Å².